The second-order valence-electron chi connectivity index (χ2n) is 16.2. The van der Waals surface area contributed by atoms with Crippen LogP contribution in [0.5, 0.6) is 0 Å². The fourth-order valence-corrected chi connectivity index (χ4v) is 9.35. The Bertz CT molecular complexity index is 2250. The van der Waals surface area contributed by atoms with Crippen molar-refractivity contribution in [2.24, 2.45) is 11.8 Å². The van der Waals surface area contributed by atoms with Gasteiger partial charge in [-0.25, -0.2) is 14.8 Å². The molecule has 1 aliphatic carbocycles. The molecule has 13 nitrogen and oxygen atoms in total. The predicted octanol–water partition coefficient (Wildman–Crippen LogP) is 7.70. The van der Waals surface area contributed by atoms with Gasteiger partial charge in [0, 0.05) is 29.8 Å². The number of nitrogens with zero attached hydrogens (tertiary/aromatic N) is 4. The number of amides is 4. The maximum Gasteiger partial charge on any atom is 0.407 e. The van der Waals surface area contributed by atoms with E-state index in [0.29, 0.717) is 13.1 Å². The minimum atomic E-state index is -0.693. The number of aromatic nitrogens is 4. The monoisotopic (exact) mass is 794 g/mol. The molecule has 0 spiro atoms. The predicted molar refractivity (Wildman–Crippen MR) is 222 cm³/mol. The number of hydrogen-bond donors (Lipinski definition) is 4. The molecule has 2 fully saturated rings. The molecule has 2 aliphatic rings. The summed E-state index contributed by atoms with van der Waals surface area (Å²) in [7, 11) is 1.30. The van der Waals surface area contributed by atoms with Gasteiger partial charge in [-0.2, -0.15) is 0 Å². The molecule has 4 heterocycles. The normalized spacial score (nSPS) is 17.3. The highest BCUT2D eigenvalue weighted by Crippen LogP contribution is 2.38. The lowest BCUT2D eigenvalue weighted by atomic mass is 9.92. The molecular formula is C43H54N8O5S. The number of methoxy groups -OCH3 is 1. The summed E-state index contributed by atoms with van der Waals surface area (Å²) in [6, 6.07) is 13.4. The van der Waals surface area contributed by atoms with Crippen molar-refractivity contribution >= 4 is 57.0 Å². The number of aromatic amines is 2. The Kier molecular flexibility index (Phi) is 12.0. The largest absolute Gasteiger partial charge is 0.453 e. The van der Waals surface area contributed by atoms with Gasteiger partial charge in [-0.05, 0) is 72.7 Å². The molecule has 1 aliphatic heterocycles. The van der Waals surface area contributed by atoms with E-state index in [0.717, 1.165) is 93.0 Å². The summed E-state index contributed by atoms with van der Waals surface area (Å²) in [5.41, 5.74) is 3.75. The van der Waals surface area contributed by atoms with Crippen LogP contribution in [0.25, 0.3) is 42.8 Å². The van der Waals surface area contributed by atoms with E-state index in [-0.39, 0.29) is 41.6 Å². The van der Waals surface area contributed by atoms with Crippen molar-refractivity contribution in [3.63, 3.8) is 0 Å². The van der Waals surface area contributed by atoms with E-state index in [1.54, 1.807) is 11.3 Å². The summed E-state index contributed by atoms with van der Waals surface area (Å²) in [5.74, 6) is 0.927. The summed E-state index contributed by atoms with van der Waals surface area (Å²) in [4.78, 5) is 74.4. The lowest BCUT2D eigenvalue weighted by molar-refractivity contribution is -0.140. The highest BCUT2D eigenvalue weighted by atomic mass is 32.1. The van der Waals surface area contributed by atoms with Crippen molar-refractivity contribution in [1.82, 2.24) is 40.4 Å². The third-order valence-electron chi connectivity index (χ3n) is 11.4. The number of fused-ring (bicyclic) bond motifs is 3. The van der Waals surface area contributed by atoms with E-state index in [2.05, 4.69) is 57.0 Å². The fourth-order valence-electron chi connectivity index (χ4n) is 8.38. The van der Waals surface area contributed by atoms with Gasteiger partial charge in [-0.1, -0.05) is 65.2 Å². The number of rotatable bonds is 12. The molecule has 3 aromatic heterocycles. The molecule has 7 rings (SSSR count). The van der Waals surface area contributed by atoms with E-state index < -0.39 is 18.2 Å². The van der Waals surface area contributed by atoms with E-state index >= 15 is 0 Å². The van der Waals surface area contributed by atoms with Crippen molar-refractivity contribution in [2.75, 3.05) is 13.7 Å². The molecule has 57 heavy (non-hydrogen) atoms. The number of imidazole rings is 2. The van der Waals surface area contributed by atoms with Crippen LogP contribution < -0.4 is 10.6 Å². The Morgan fingerprint density at radius 3 is 2.39 bits per heavy atom. The van der Waals surface area contributed by atoms with Crippen molar-refractivity contribution < 1.29 is 23.9 Å². The minimum Gasteiger partial charge on any atom is -0.453 e. The number of carbonyl (C=O) groups excluding carboxylic acids is 4. The van der Waals surface area contributed by atoms with Gasteiger partial charge >= 0.3 is 6.09 Å². The van der Waals surface area contributed by atoms with Gasteiger partial charge in [-0.3, -0.25) is 14.4 Å². The van der Waals surface area contributed by atoms with Crippen LogP contribution in [-0.2, 0) is 25.7 Å². The summed E-state index contributed by atoms with van der Waals surface area (Å²) >= 11 is 1.67. The topological polar surface area (TPSA) is 165 Å². The summed E-state index contributed by atoms with van der Waals surface area (Å²) in [5, 5.41) is 7.69. The van der Waals surface area contributed by atoms with Crippen molar-refractivity contribution in [1.29, 1.82) is 0 Å². The Balaban J connectivity index is 1.09. The van der Waals surface area contributed by atoms with Gasteiger partial charge in [0.1, 0.15) is 23.7 Å². The van der Waals surface area contributed by atoms with Crippen LogP contribution >= 0.6 is 11.3 Å². The van der Waals surface area contributed by atoms with Crippen LogP contribution in [0.2, 0.25) is 0 Å². The van der Waals surface area contributed by atoms with E-state index in [1.165, 1.54) is 20.5 Å². The SMILES string of the molecule is COC(=O)NC(C(=O)N1CCC[C@H]1c1nc2c(ccc3cc(-c4ccc(-c5cnc(CN(C(=O)C(NC(C)=O)C(C)C)C6CCCCC6)[nH]5)s4)ccc32)[nH]1)C(C)C. The van der Waals surface area contributed by atoms with Crippen LogP contribution in [0, 0.1) is 11.8 Å². The molecule has 0 radical (unpaired) electrons. The number of carbonyl (C=O) groups is 4. The first kappa shape index (κ1) is 40.0. The van der Waals surface area contributed by atoms with E-state index in [1.807, 2.05) is 49.8 Å². The van der Waals surface area contributed by atoms with E-state index in [9.17, 15) is 19.2 Å². The van der Waals surface area contributed by atoms with Gasteiger partial charge in [-0.15, -0.1) is 11.3 Å². The van der Waals surface area contributed by atoms with Gasteiger partial charge in [0.2, 0.25) is 17.7 Å². The molecule has 1 saturated carbocycles. The molecule has 5 aromatic rings. The van der Waals surface area contributed by atoms with Crippen molar-refractivity contribution in [2.45, 2.75) is 110 Å². The molecule has 4 N–H and O–H groups in total. The first-order valence-corrected chi connectivity index (χ1v) is 21.0. The smallest absolute Gasteiger partial charge is 0.407 e. The number of nitrogens with one attached hydrogen (secondary N) is 4. The quantitative estimate of drug-likeness (QED) is 0.101. The van der Waals surface area contributed by atoms with Gasteiger partial charge in [0.25, 0.3) is 0 Å². The van der Waals surface area contributed by atoms with Crippen LogP contribution in [0.1, 0.15) is 97.3 Å². The number of hydrogen-bond acceptors (Lipinski definition) is 8. The average molecular weight is 795 g/mol. The summed E-state index contributed by atoms with van der Waals surface area (Å²) in [6.45, 7) is 10.2. The van der Waals surface area contributed by atoms with Gasteiger partial charge in [0.05, 0.1) is 47.5 Å². The first-order valence-electron chi connectivity index (χ1n) is 20.2. The van der Waals surface area contributed by atoms with Gasteiger partial charge < -0.3 is 35.1 Å². The fraction of sp³-hybridized carbons (Fsp3) is 0.488. The molecule has 0 bridgehead atoms. The summed E-state index contributed by atoms with van der Waals surface area (Å²) < 4.78 is 4.79. The number of alkyl carbamates (subject to hydrolysis) is 1. The third kappa shape index (κ3) is 8.56. The molecule has 302 valence electrons. The first-order chi connectivity index (χ1) is 27.4. The molecule has 1 saturated heterocycles. The number of thiophene rings is 1. The second-order valence-corrected chi connectivity index (χ2v) is 17.2. The number of likely N-dealkylation sites (tertiary alicyclic amines) is 1. The Hall–Kier alpha value is -5.24. The standard InChI is InChI=1S/C43H54N8O5S/c1-24(2)37(45-26(5)52)42(54)51(29-11-8-7-9-12-29)23-36-44-22-32(46-36)35-19-18-34(57-35)28-14-16-30-27(21-28)15-17-31-39(30)48-40(47-31)33-13-10-20-50(33)41(53)38(25(3)4)49-43(55)56-6/h14-19,21-22,24-25,29,33,37-38H,7-13,20,23H2,1-6H3,(H,44,46)(H,45,52)(H,47,48)(H,49,55)/t33-,37?,38?/m0/s1. The molecule has 3 atom stereocenters. The van der Waals surface area contributed by atoms with Crippen molar-refractivity contribution in [3.05, 3.63) is 60.3 Å². The number of H-pyrrole nitrogens is 2. The zero-order chi connectivity index (χ0) is 40.4. The number of ether oxygens (including phenoxy) is 1. The Morgan fingerprint density at radius 1 is 0.912 bits per heavy atom. The molecule has 2 unspecified atom stereocenters. The van der Waals surface area contributed by atoms with Crippen LogP contribution in [0.4, 0.5) is 4.79 Å². The van der Waals surface area contributed by atoms with Crippen molar-refractivity contribution in [3.8, 4) is 21.0 Å². The lowest BCUT2D eigenvalue weighted by Crippen LogP contribution is -2.53. The van der Waals surface area contributed by atoms with Crippen LogP contribution in [0.3, 0.4) is 0 Å². The van der Waals surface area contributed by atoms with Gasteiger partial charge in [0.15, 0.2) is 0 Å². The average Bonchev–Trinajstić information content (AvgIpc) is 4.04. The highest BCUT2D eigenvalue weighted by molar-refractivity contribution is 7.18. The molecular weight excluding hydrogens is 741 g/mol. The maximum absolute atomic E-state index is 13.9. The minimum absolute atomic E-state index is 0.0379. The molecule has 2 aromatic carbocycles. The third-order valence-corrected chi connectivity index (χ3v) is 12.6. The highest BCUT2D eigenvalue weighted by Gasteiger charge is 2.38. The summed E-state index contributed by atoms with van der Waals surface area (Å²) in [6.07, 6.45) is 8.10. The lowest BCUT2D eigenvalue weighted by Gasteiger charge is -2.37. The van der Waals surface area contributed by atoms with E-state index in [4.69, 9.17) is 14.7 Å². The molecule has 14 heteroatoms. The zero-order valence-corrected chi connectivity index (χ0v) is 34.5. The number of benzene rings is 2. The van der Waals surface area contributed by atoms with Crippen LogP contribution in [-0.4, -0.2) is 85.3 Å². The Labute approximate surface area is 337 Å². The molecule has 4 amide bonds. The zero-order valence-electron chi connectivity index (χ0n) is 33.7. The maximum atomic E-state index is 13.9. The second kappa shape index (κ2) is 17.1. The Morgan fingerprint density at radius 2 is 1.67 bits per heavy atom. The van der Waals surface area contributed by atoms with Crippen LogP contribution in [0.15, 0.2) is 48.7 Å².